The van der Waals surface area contributed by atoms with Gasteiger partial charge in [-0.1, -0.05) is 11.3 Å². The van der Waals surface area contributed by atoms with Crippen molar-refractivity contribution in [3.05, 3.63) is 44.3 Å². The SMILES string of the molecule is Cc1cc(=O)cc(C)n1-c1nc2c(s1)CNCC2. The molecule has 0 aliphatic carbocycles. The summed E-state index contributed by atoms with van der Waals surface area (Å²) in [5.74, 6) is 0. The molecule has 4 nitrogen and oxygen atoms in total. The van der Waals surface area contributed by atoms with Gasteiger partial charge in [-0.2, -0.15) is 0 Å². The molecule has 5 heteroatoms. The third-order valence-electron chi connectivity index (χ3n) is 3.19. The fourth-order valence-corrected chi connectivity index (χ4v) is 3.57. The van der Waals surface area contributed by atoms with Gasteiger partial charge in [-0.15, -0.1) is 0 Å². The molecule has 0 aromatic carbocycles. The van der Waals surface area contributed by atoms with E-state index >= 15 is 0 Å². The maximum atomic E-state index is 11.4. The molecular weight excluding hydrogens is 246 g/mol. The monoisotopic (exact) mass is 261 g/mol. The molecule has 1 aliphatic heterocycles. The van der Waals surface area contributed by atoms with Crippen LogP contribution in [0.3, 0.4) is 0 Å². The van der Waals surface area contributed by atoms with Gasteiger partial charge in [0.25, 0.3) is 0 Å². The van der Waals surface area contributed by atoms with Gasteiger partial charge in [-0.3, -0.25) is 9.36 Å². The first-order chi connectivity index (χ1) is 8.65. The molecule has 3 heterocycles. The van der Waals surface area contributed by atoms with Gasteiger partial charge in [0.05, 0.1) is 5.69 Å². The number of aryl methyl sites for hydroxylation is 2. The van der Waals surface area contributed by atoms with E-state index in [1.165, 1.54) is 10.6 Å². The van der Waals surface area contributed by atoms with E-state index in [9.17, 15) is 4.79 Å². The number of fused-ring (bicyclic) bond motifs is 1. The summed E-state index contributed by atoms with van der Waals surface area (Å²) in [7, 11) is 0. The maximum Gasteiger partial charge on any atom is 0.194 e. The van der Waals surface area contributed by atoms with E-state index in [4.69, 9.17) is 4.98 Å². The van der Waals surface area contributed by atoms with Crippen molar-refractivity contribution in [2.75, 3.05) is 6.54 Å². The summed E-state index contributed by atoms with van der Waals surface area (Å²) in [6.45, 7) is 5.81. The molecule has 0 bridgehead atoms. The molecule has 3 rings (SSSR count). The average Bonchev–Trinajstić information content (AvgIpc) is 2.70. The van der Waals surface area contributed by atoms with Crippen LogP contribution in [0.5, 0.6) is 0 Å². The first kappa shape index (κ1) is 11.6. The quantitative estimate of drug-likeness (QED) is 0.847. The molecule has 18 heavy (non-hydrogen) atoms. The first-order valence-corrected chi connectivity index (χ1v) is 6.87. The average molecular weight is 261 g/mol. The van der Waals surface area contributed by atoms with Gasteiger partial charge >= 0.3 is 0 Å². The van der Waals surface area contributed by atoms with Crippen LogP contribution < -0.4 is 10.7 Å². The molecular formula is C13H15N3OS. The minimum Gasteiger partial charge on any atom is -0.311 e. The maximum absolute atomic E-state index is 11.4. The smallest absolute Gasteiger partial charge is 0.194 e. The van der Waals surface area contributed by atoms with E-state index in [0.29, 0.717) is 0 Å². The second-order valence-corrected chi connectivity index (χ2v) is 5.66. The van der Waals surface area contributed by atoms with Crippen LogP contribution in [0.1, 0.15) is 22.0 Å². The standard InChI is InChI=1S/C13H15N3OS/c1-8-5-10(17)6-9(2)16(8)13-15-11-3-4-14-7-12(11)18-13/h5-6,14H,3-4,7H2,1-2H3. The lowest BCUT2D eigenvalue weighted by Crippen LogP contribution is -2.22. The van der Waals surface area contributed by atoms with E-state index in [1.54, 1.807) is 23.5 Å². The van der Waals surface area contributed by atoms with Crippen LogP contribution in [0.2, 0.25) is 0 Å². The molecule has 0 fully saturated rings. The van der Waals surface area contributed by atoms with Crippen molar-refractivity contribution in [3.8, 4) is 5.13 Å². The summed E-state index contributed by atoms with van der Waals surface area (Å²) >= 11 is 1.71. The Morgan fingerprint density at radius 1 is 1.33 bits per heavy atom. The second kappa shape index (κ2) is 4.33. The molecule has 0 radical (unpaired) electrons. The number of rotatable bonds is 1. The van der Waals surface area contributed by atoms with Crippen molar-refractivity contribution in [2.45, 2.75) is 26.8 Å². The Morgan fingerprint density at radius 3 is 2.72 bits per heavy atom. The van der Waals surface area contributed by atoms with Crippen molar-refractivity contribution in [1.82, 2.24) is 14.9 Å². The molecule has 0 saturated carbocycles. The van der Waals surface area contributed by atoms with Crippen molar-refractivity contribution < 1.29 is 0 Å². The number of hydrogen-bond donors (Lipinski definition) is 1. The van der Waals surface area contributed by atoms with Gasteiger partial charge < -0.3 is 5.32 Å². The van der Waals surface area contributed by atoms with E-state index in [2.05, 4.69) is 9.88 Å². The minimum absolute atomic E-state index is 0.0595. The van der Waals surface area contributed by atoms with Crippen molar-refractivity contribution >= 4 is 11.3 Å². The van der Waals surface area contributed by atoms with Crippen molar-refractivity contribution in [1.29, 1.82) is 0 Å². The molecule has 0 amide bonds. The summed E-state index contributed by atoms with van der Waals surface area (Å²) in [4.78, 5) is 17.5. The first-order valence-electron chi connectivity index (χ1n) is 6.05. The largest absolute Gasteiger partial charge is 0.311 e. The molecule has 0 saturated heterocycles. The number of thiazole rings is 1. The highest BCUT2D eigenvalue weighted by Crippen LogP contribution is 2.25. The minimum atomic E-state index is 0.0595. The number of nitrogens with one attached hydrogen (secondary N) is 1. The summed E-state index contributed by atoms with van der Waals surface area (Å²) < 4.78 is 2.06. The summed E-state index contributed by atoms with van der Waals surface area (Å²) in [5.41, 5.74) is 3.15. The third kappa shape index (κ3) is 1.89. The highest BCUT2D eigenvalue weighted by Gasteiger charge is 2.16. The van der Waals surface area contributed by atoms with Crippen LogP contribution in [0.15, 0.2) is 16.9 Å². The second-order valence-electron chi connectivity index (χ2n) is 4.60. The number of nitrogens with zero attached hydrogens (tertiary/aromatic N) is 2. The molecule has 1 aliphatic rings. The Hall–Kier alpha value is -1.46. The fourth-order valence-electron chi connectivity index (χ4n) is 2.37. The number of aromatic nitrogens is 2. The van der Waals surface area contributed by atoms with Gasteiger partial charge in [0.2, 0.25) is 0 Å². The summed E-state index contributed by atoms with van der Waals surface area (Å²) in [6, 6.07) is 3.32. The normalized spacial score (nSPS) is 14.6. The molecule has 2 aromatic rings. The van der Waals surface area contributed by atoms with Gasteiger partial charge in [0.1, 0.15) is 0 Å². The van der Waals surface area contributed by atoms with Crippen LogP contribution in [0.25, 0.3) is 5.13 Å². The Morgan fingerprint density at radius 2 is 2.06 bits per heavy atom. The zero-order valence-corrected chi connectivity index (χ0v) is 11.3. The summed E-state index contributed by atoms with van der Waals surface area (Å²) in [5, 5.41) is 4.33. The van der Waals surface area contributed by atoms with Crippen molar-refractivity contribution in [2.24, 2.45) is 0 Å². The van der Waals surface area contributed by atoms with E-state index in [1.807, 2.05) is 13.8 Å². The van der Waals surface area contributed by atoms with E-state index in [0.717, 1.165) is 36.0 Å². The van der Waals surface area contributed by atoms with Gasteiger partial charge in [0.15, 0.2) is 10.6 Å². The Balaban J connectivity index is 2.15. The highest BCUT2D eigenvalue weighted by atomic mass is 32.1. The molecule has 1 N–H and O–H groups in total. The zero-order valence-electron chi connectivity index (χ0n) is 10.5. The zero-order chi connectivity index (χ0) is 12.7. The molecule has 0 atom stereocenters. The number of hydrogen-bond acceptors (Lipinski definition) is 4. The van der Waals surface area contributed by atoms with Crippen LogP contribution in [0, 0.1) is 13.8 Å². The van der Waals surface area contributed by atoms with Gasteiger partial charge in [0, 0.05) is 47.9 Å². The molecule has 0 unspecified atom stereocenters. The predicted octanol–water partition coefficient (Wildman–Crippen LogP) is 1.56. The highest BCUT2D eigenvalue weighted by molar-refractivity contribution is 7.14. The Bertz CT molecular complexity index is 607. The van der Waals surface area contributed by atoms with Gasteiger partial charge in [-0.25, -0.2) is 4.98 Å². The molecule has 0 spiro atoms. The molecule has 94 valence electrons. The number of pyridine rings is 1. The summed E-state index contributed by atoms with van der Waals surface area (Å²) in [6.07, 6.45) is 0.990. The van der Waals surface area contributed by atoms with Crippen molar-refractivity contribution in [3.63, 3.8) is 0 Å². The lowest BCUT2D eigenvalue weighted by molar-refractivity contribution is 0.643. The van der Waals surface area contributed by atoms with E-state index in [-0.39, 0.29) is 5.43 Å². The predicted molar refractivity (Wildman–Crippen MR) is 72.6 cm³/mol. The fraction of sp³-hybridized carbons (Fsp3) is 0.385. The topological polar surface area (TPSA) is 46.9 Å². The molecule has 2 aromatic heterocycles. The Kier molecular flexibility index (Phi) is 2.80. The lowest BCUT2D eigenvalue weighted by atomic mass is 10.2. The van der Waals surface area contributed by atoms with Crippen LogP contribution in [0.4, 0.5) is 0 Å². The third-order valence-corrected chi connectivity index (χ3v) is 4.27. The lowest BCUT2D eigenvalue weighted by Gasteiger charge is -2.10. The van der Waals surface area contributed by atoms with Crippen LogP contribution in [-0.2, 0) is 13.0 Å². The van der Waals surface area contributed by atoms with E-state index < -0.39 is 0 Å². The Labute approximate surface area is 109 Å². The van der Waals surface area contributed by atoms with Crippen LogP contribution in [-0.4, -0.2) is 16.1 Å². The van der Waals surface area contributed by atoms with Crippen LogP contribution >= 0.6 is 11.3 Å². The van der Waals surface area contributed by atoms with Gasteiger partial charge in [-0.05, 0) is 13.8 Å².